The topological polar surface area (TPSA) is 12.9 Å². The Kier molecular flexibility index (Phi) is 1.94. The molecule has 0 aliphatic rings. The van der Waals surface area contributed by atoms with E-state index in [1.165, 1.54) is 0 Å². The van der Waals surface area contributed by atoms with Gasteiger partial charge in [0.15, 0.2) is 0 Å². The molecule has 0 saturated heterocycles. The number of rotatable bonds is 1. The molecule has 0 unspecified atom stereocenters. The van der Waals surface area contributed by atoms with Gasteiger partial charge in [0, 0.05) is 16.2 Å². The molecule has 2 aromatic rings. The highest BCUT2D eigenvalue weighted by Crippen LogP contribution is 2.27. The molecule has 70 valence electrons. The third kappa shape index (κ3) is 1.97. The van der Waals surface area contributed by atoms with Gasteiger partial charge < -0.3 is 0 Å². The van der Waals surface area contributed by atoms with E-state index in [4.69, 9.17) is 15.7 Å². The van der Waals surface area contributed by atoms with E-state index < -0.39 is 0 Å². The summed E-state index contributed by atoms with van der Waals surface area (Å²) < 4.78 is 24.0. The minimum atomic E-state index is -0.159. The van der Waals surface area contributed by atoms with Crippen molar-refractivity contribution in [3.05, 3.63) is 52.1 Å². The molecule has 1 heterocycles. The molecule has 1 nitrogen and oxygen atoms in total. The van der Waals surface area contributed by atoms with Gasteiger partial charge in [-0.3, -0.25) is 0 Å². The maximum absolute atomic E-state index is 7.86. The van der Waals surface area contributed by atoms with Crippen molar-refractivity contribution in [1.82, 2.24) is 4.98 Å². The fourth-order valence-corrected chi connectivity index (χ4v) is 1.64. The molecular weight excluding hydrogens is 261 g/mol. The third-order valence-electron chi connectivity index (χ3n) is 1.70. The summed E-state index contributed by atoms with van der Waals surface area (Å²) >= 11 is 9.02. The maximum Gasteiger partial charge on any atom is 0.129 e. The van der Waals surface area contributed by atoms with Crippen LogP contribution in [0.3, 0.4) is 0 Å². The lowest BCUT2D eigenvalue weighted by Crippen LogP contribution is -1.81. The van der Waals surface area contributed by atoms with Gasteiger partial charge in [0.1, 0.15) is 5.15 Å². The number of pyridine rings is 1. The lowest BCUT2D eigenvalue weighted by Gasteiger charge is -2.03. The van der Waals surface area contributed by atoms with E-state index in [1.807, 2.05) is 12.1 Å². The normalized spacial score (nSPS) is 13.1. The number of nitrogens with zero attached hydrogens (tertiary/aromatic N) is 1. The standard InChI is InChI=1S/C11H7BrClN/c12-10-4-2-1-3-9(10)8-5-6-11(13)14-7-8/h1-7H/i5D,6D,7D. The van der Waals surface area contributed by atoms with Crippen molar-refractivity contribution in [3.63, 3.8) is 0 Å². The number of hydrogen-bond donors (Lipinski definition) is 0. The highest BCUT2D eigenvalue weighted by molar-refractivity contribution is 9.10. The summed E-state index contributed by atoms with van der Waals surface area (Å²) in [5, 5.41) is -0.115. The van der Waals surface area contributed by atoms with Crippen LogP contribution in [-0.4, -0.2) is 4.98 Å². The molecule has 0 atom stereocenters. The molecule has 1 aromatic carbocycles. The Hall–Kier alpha value is -0.860. The zero-order valence-corrected chi connectivity index (χ0v) is 9.35. The van der Waals surface area contributed by atoms with Crippen molar-refractivity contribution < 1.29 is 4.11 Å². The Morgan fingerprint density at radius 3 is 2.86 bits per heavy atom. The Morgan fingerprint density at radius 2 is 2.07 bits per heavy atom. The lowest BCUT2D eigenvalue weighted by molar-refractivity contribution is 1.33. The highest BCUT2D eigenvalue weighted by Gasteiger charge is 2.01. The van der Waals surface area contributed by atoms with Crippen LogP contribution in [0, 0.1) is 0 Å². The molecule has 1 aromatic heterocycles. The number of aromatic nitrogens is 1. The van der Waals surface area contributed by atoms with Crippen LogP contribution in [0.2, 0.25) is 5.15 Å². The molecule has 2 rings (SSSR count). The lowest BCUT2D eigenvalue weighted by atomic mass is 10.1. The Morgan fingerprint density at radius 1 is 1.29 bits per heavy atom. The molecule has 0 aliphatic carbocycles. The first-order chi connectivity index (χ1) is 8.02. The van der Waals surface area contributed by atoms with Crippen molar-refractivity contribution in [1.29, 1.82) is 0 Å². The SMILES string of the molecule is [2H]c1nc(Cl)c([2H])c([2H])c1-c1ccccc1Br. The van der Waals surface area contributed by atoms with Gasteiger partial charge in [-0.2, -0.15) is 0 Å². The molecule has 0 radical (unpaired) electrons. The van der Waals surface area contributed by atoms with Gasteiger partial charge in [0.2, 0.25) is 0 Å². The highest BCUT2D eigenvalue weighted by atomic mass is 79.9. The van der Waals surface area contributed by atoms with Gasteiger partial charge in [-0.15, -0.1) is 0 Å². The van der Waals surface area contributed by atoms with Crippen molar-refractivity contribution in [2.45, 2.75) is 0 Å². The average molecular weight is 272 g/mol. The Labute approximate surface area is 100 Å². The second-order valence-corrected chi connectivity index (χ2v) is 3.83. The van der Waals surface area contributed by atoms with Gasteiger partial charge in [-0.25, -0.2) is 4.98 Å². The quantitative estimate of drug-likeness (QED) is 0.710. The fourth-order valence-electron chi connectivity index (χ4n) is 1.07. The van der Waals surface area contributed by atoms with E-state index in [1.54, 1.807) is 12.1 Å². The van der Waals surface area contributed by atoms with E-state index in [-0.39, 0.29) is 23.4 Å². The minimum absolute atomic E-state index is 0.0816. The zero-order valence-electron chi connectivity index (χ0n) is 10.0. The predicted octanol–water partition coefficient (Wildman–Crippen LogP) is 4.16. The second-order valence-electron chi connectivity index (χ2n) is 2.62. The number of hydrogen-bond acceptors (Lipinski definition) is 1. The summed E-state index contributed by atoms with van der Waals surface area (Å²) in [5.74, 6) is 0. The molecular formula is C11H7BrClN. The first-order valence-electron chi connectivity index (χ1n) is 5.40. The maximum atomic E-state index is 7.86. The van der Waals surface area contributed by atoms with E-state index in [0.717, 1.165) is 4.47 Å². The first-order valence-corrected chi connectivity index (χ1v) is 5.07. The third-order valence-corrected chi connectivity index (χ3v) is 2.57. The van der Waals surface area contributed by atoms with Crippen LogP contribution in [0.4, 0.5) is 0 Å². The Balaban J connectivity index is 2.77. The van der Waals surface area contributed by atoms with Gasteiger partial charge in [-0.05, 0) is 23.7 Å². The Bertz CT molecular complexity index is 589. The predicted molar refractivity (Wildman–Crippen MR) is 62.4 cm³/mol. The molecule has 0 bridgehead atoms. The molecule has 0 N–H and O–H groups in total. The van der Waals surface area contributed by atoms with E-state index in [2.05, 4.69) is 20.9 Å². The zero-order chi connectivity index (χ0) is 12.6. The van der Waals surface area contributed by atoms with Gasteiger partial charge in [0.25, 0.3) is 0 Å². The number of halogens is 2. The first kappa shape index (κ1) is 6.59. The molecule has 0 amide bonds. The molecule has 14 heavy (non-hydrogen) atoms. The molecule has 0 saturated carbocycles. The molecule has 0 aliphatic heterocycles. The minimum Gasteiger partial charge on any atom is -0.244 e. The van der Waals surface area contributed by atoms with Crippen LogP contribution in [0.15, 0.2) is 47.0 Å². The van der Waals surface area contributed by atoms with Crippen LogP contribution >= 0.6 is 27.5 Å². The van der Waals surface area contributed by atoms with Crippen LogP contribution in [0.1, 0.15) is 4.11 Å². The largest absolute Gasteiger partial charge is 0.244 e. The van der Waals surface area contributed by atoms with E-state index >= 15 is 0 Å². The van der Waals surface area contributed by atoms with Crippen LogP contribution in [0.25, 0.3) is 11.1 Å². The smallest absolute Gasteiger partial charge is 0.129 e. The monoisotopic (exact) mass is 270 g/mol. The van der Waals surface area contributed by atoms with Gasteiger partial charge >= 0.3 is 0 Å². The van der Waals surface area contributed by atoms with Crippen molar-refractivity contribution in [3.8, 4) is 11.1 Å². The van der Waals surface area contributed by atoms with Crippen LogP contribution in [0.5, 0.6) is 0 Å². The van der Waals surface area contributed by atoms with Crippen LogP contribution < -0.4 is 0 Å². The summed E-state index contributed by atoms with van der Waals surface area (Å²) in [6, 6.07) is 6.98. The summed E-state index contributed by atoms with van der Waals surface area (Å²) in [4.78, 5) is 3.76. The summed E-state index contributed by atoms with van der Waals surface area (Å²) in [5.41, 5.74) is 0.979. The summed E-state index contributed by atoms with van der Waals surface area (Å²) in [6.07, 6.45) is -0.0945. The molecule has 0 fully saturated rings. The van der Waals surface area contributed by atoms with E-state index in [9.17, 15) is 0 Å². The molecule has 0 spiro atoms. The van der Waals surface area contributed by atoms with Crippen molar-refractivity contribution >= 4 is 27.5 Å². The van der Waals surface area contributed by atoms with Crippen molar-refractivity contribution in [2.75, 3.05) is 0 Å². The van der Waals surface area contributed by atoms with Crippen LogP contribution in [-0.2, 0) is 0 Å². The summed E-state index contributed by atoms with van der Waals surface area (Å²) in [7, 11) is 0. The summed E-state index contributed by atoms with van der Waals surface area (Å²) in [6.45, 7) is 0. The second kappa shape index (κ2) is 4.11. The fraction of sp³-hybridized carbons (Fsp3) is 0. The van der Waals surface area contributed by atoms with E-state index in [0.29, 0.717) is 11.1 Å². The van der Waals surface area contributed by atoms with Gasteiger partial charge in [-0.1, -0.05) is 45.7 Å². The number of benzene rings is 1. The van der Waals surface area contributed by atoms with Gasteiger partial charge in [0.05, 0.1) is 4.11 Å². The molecule has 3 heteroatoms. The average Bonchev–Trinajstić information content (AvgIpc) is 2.29. The van der Waals surface area contributed by atoms with Crippen molar-refractivity contribution in [2.24, 2.45) is 0 Å².